The molecular weight excluding hydrogens is 435 g/mol. The van der Waals surface area contributed by atoms with Crippen LogP contribution >= 0.6 is 0 Å². The zero-order valence-electron chi connectivity index (χ0n) is 18.2. The number of amides is 1. The Kier molecular flexibility index (Phi) is 6.96. The number of hydrogen-bond acceptors (Lipinski definition) is 6. The number of rotatable bonds is 7. The molecule has 33 heavy (non-hydrogen) atoms. The summed E-state index contributed by atoms with van der Waals surface area (Å²) in [5, 5.41) is 18.3. The van der Waals surface area contributed by atoms with Gasteiger partial charge in [-0.1, -0.05) is 19.1 Å². The van der Waals surface area contributed by atoms with Crippen LogP contribution in [0.4, 0.5) is 24.8 Å². The molecule has 0 fully saturated rings. The molecule has 3 rings (SSSR count). The van der Waals surface area contributed by atoms with Gasteiger partial charge in [0.2, 0.25) is 5.95 Å². The minimum Gasteiger partial charge on any atom is -0.336 e. The van der Waals surface area contributed by atoms with Gasteiger partial charge in [-0.05, 0) is 38.0 Å². The molecule has 8 nitrogen and oxygen atoms in total. The van der Waals surface area contributed by atoms with Crippen molar-refractivity contribution in [3.63, 3.8) is 0 Å². The summed E-state index contributed by atoms with van der Waals surface area (Å²) in [7, 11) is 0. The van der Waals surface area contributed by atoms with Crippen molar-refractivity contribution in [1.29, 1.82) is 5.26 Å². The topological polar surface area (TPSA) is 109 Å². The van der Waals surface area contributed by atoms with E-state index in [-0.39, 0.29) is 11.9 Å². The first-order chi connectivity index (χ1) is 15.6. The van der Waals surface area contributed by atoms with Crippen molar-refractivity contribution >= 4 is 17.5 Å². The van der Waals surface area contributed by atoms with Crippen LogP contribution in [0.15, 0.2) is 42.9 Å². The number of aromatic nitrogens is 4. The highest BCUT2D eigenvalue weighted by Gasteiger charge is 2.38. The highest BCUT2D eigenvalue weighted by molar-refractivity contribution is 5.95. The lowest BCUT2D eigenvalue weighted by Crippen LogP contribution is -2.33. The molecule has 2 aromatic heterocycles. The molecule has 0 aliphatic carbocycles. The quantitative estimate of drug-likeness (QED) is 0.539. The molecule has 0 aliphatic rings. The van der Waals surface area contributed by atoms with Crippen LogP contribution < -0.4 is 10.6 Å². The predicted octanol–water partition coefficient (Wildman–Crippen LogP) is 4.55. The summed E-state index contributed by atoms with van der Waals surface area (Å²) >= 11 is 0. The number of hydrogen-bond donors (Lipinski definition) is 2. The number of carbonyl (C=O) groups is 1. The van der Waals surface area contributed by atoms with Crippen molar-refractivity contribution < 1.29 is 18.0 Å². The van der Waals surface area contributed by atoms with Crippen molar-refractivity contribution in [1.82, 2.24) is 25.1 Å². The Hall–Kier alpha value is -3.94. The molecule has 0 saturated carbocycles. The molecule has 3 aromatic rings. The molecule has 1 amide bonds. The van der Waals surface area contributed by atoms with Crippen LogP contribution in [-0.4, -0.2) is 37.9 Å². The fraction of sp³-hybridized carbons (Fsp3) is 0.318. The van der Waals surface area contributed by atoms with E-state index in [1.165, 1.54) is 12.4 Å². The van der Waals surface area contributed by atoms with E-state index in [2.05, 4.69) is 25.7 Å². The number of halogens is 3. The fourth-order valence-electron chi connectivity index (χ4n) is 2.93. The molecule has 0 radical (unpaired) electrons. The van der Waals surface area contributed by atoms with Gasteiger partial charge in [0, 0.05) is 23.5 Å². The summed E-state index contributed by atoms with van der Waals surface area (Å²) in [6.45, 7) is 4.65. The summed E-state index contributed by atoms with van der Waals surface area (Å²) in [5.74, 6) is -0.154. The first-order valence-electron chi connectivity index (χ1n) is 10.1. The van der Waals surface area contributed by atoms with Crippen molar-refractivity contribution in [3.8, 4) is 17.3 Å². The van der Waals surface area contributed by atoms with E-state index in [9.17, 15) is 18.0 Å². The van der Waals surface area contributed by atoms with Gasteiger partial charge in [-0.2, -0.15) is 23.5 Å². The summed E-state index contributed by atoms with van der Waals surface area (Å²) in [6.07, 6.45) is 0.186. The second-order valence-electron chi connectivity index (χ2n) is 7.42. The fourth-order valence-corrected chi connectivity index (χ4v) is 2.93. The molecule has 0 saturated heterocycles. The van der Waals surface area contributed by atoms with E-state index >= 15 is 0 Å². The van der Waals surface area contributed by atoms with Gasteiger partial charge in [0.1, 0.15) is 12.1 Å². The Labute approximate surface area is 188 Å². The lowest BCUT2D eigenvalue weighted by atomic mass is 10.1. The van der Waals surface area contributed by atoms with Gasteiger partial charge in [0.25, 0.3) is 5.91 Å². The molecule has 0 bridgehead atoms. The Bertz CT molecular complexity index is 1170. The smallest absolute Gasteiger partial charge is 0.336 e. The average molecular weight is 457 g/mol. The van der Waals surface area contributed by atoms with E-state index in [0.29, 0.717) is 23.4 Å². The maximum absolute atomic E-state index is 12.9. The average Bonchev–Trinajstić information content (AvgIpc) is 3.25. The minimum absolute atomic E-state index is 0.191. The van der Waals surface area contributed by atoms with E-state index < -0.39 is 18.3 Å². The highest BCUT2D eigenvalue weighted by Crippen LogP contribution is 2.30. The first-order valence-corrected chi connectivity index (χ1v) is 10.1. The number of benzene rings is 1. The van der Waals surface area contributed by atoms with Gasteiger partial charge in [-0.25, -0.2) is 9.97 Å². The number of aryl methyl sites for hydroxylation is 1. The molecule has 0 unspecified atom stereocenters. The second kappa shape index (κ2) is 9.68. The van der Waals surface area contributed by atoms with Crippen LogP contribution in [0.2, 0.25) is 0 Å². The SMILES string of the molecule is CC[C@@H](C#N)NC(=O)c1ccc(-c2nc(Nc3cnn([C@@H](C)C(F)(F)F)c3)ncc2C)cc1. The normalized spacial score (nSPS) is 13.1. The van der Waals surface area contributed by atoms with E-state index in [1.807, 2.05) is 19.9 Å². The van der Waals surface area contributed by atoms with E-state index in [4.69, 9.17) is 5.26 Å². The Morgan fingerprint density at radius 2 is 1.94 bits per heavy atom. The molecule has 172 valence electrons. The molecule has 2 atom stereocenters. The molecule has 11 heteroatoms. The van der Waals surface area contributed by atoms with Gasteiger partial charge < -0.3 is 10.6 Å². The maximum Gasteiger partial charge on any atom is 0.410 e. The zero-order chi connectivity index (χ0) is 24.2. The Morgan fingerprint density at radius 3 is 2.55 bits per heavy atom. The third-order valence-electron chi connectivity index (χ3n) is 4.99. The summed E-state index contributed by atoms with van der Waals surface area (Å²) in [6, 6.07) is 6.41. The van der Waals surface area contributed by atoms with E-state index in [1.54, 1.807) is 30.5 Å². The van der Waals surface area contributed by atoms with E-state index in [0.717, 1.165) is 22.7 Å². The molecular formula is C22H22F3N7O. The van der Waals surface area contributed by atoms with Crippen LogP contribution in [0.1, 0.15) is 42.2 Å². The van der Waals surface area contributed by atoms with Crippen molar-refractivity contribution in [3.05, 3.63) is 54.0 Å². The number of nitrogens with zero attached hydrogens (tertiary/aromatic N) is 5. The molecule has 0 aliphatic heterocycles. The highest BCUT2D eigenvalue weighted by atomic mass is 19.4. The number of carbonyl (C=O) groups excluding carboxylic acids is 1. The van der Waals surface area contributed by atoms with Crippen molar-refractivity contribution in [2.75, 3.05) is 5.32 Å². The second-order valence-corrected chi connectivity index (χ2v) is 7.42. The lowest BCUT2D eigenvalue weighted by molar-refractivity contribution is -0.165. The van der Waals surface area contributed by atoms with Gasteiger partial charge in [0.05, 0.1) is 23.6 Å². The maximum atomic E-state index is 12.9. The molecule has 1 aromatic carbocycles. The minimum atomic E-state index is -4.41. The third kappa shape index (κ3) is 5.65. The number of nitriles is 1. The van der Waals surface area contributed by atoms with Crippen LogP contribution in [0.3, 0.4) is 0 Å². The van der Waals surface area contributed by atoms with Gasteiger partial charge in [0.15, 0.2) is 0 Å². The Balaban J connectivity index is 1.78. The van der Waals surface area contributed by atoms with Gasteiger partial charge >= 0.3 is 6.18 Å². The first kappa shape index (κ1) is 23.7. The summed E-state index contributed by atoms with van der Waals surface area (Å²) in [5.41, 5.74) is 2.82. The van der Waals surface area contributed by atoms with Gasteiger partial charge in [-0.3, -0.25) is 9.48 Å². The van der Waals surface area contributed by atoms with Gasteiger partial charge in [-0.15, -0.1) is 0 Å². The third-order valence-corrected chi connectivity index (χ3v) is 4.99. The summed E-state index contributed by atoms with van der Waals surface area (Å²) in [4.78, 5) is 20.9. The zero-order valence-corrected chi connectivity index (χ0v) is 18.2. The number of alkyl halides is 3. The monoisotopic (exact) mass is 457 g/mol. The van der Waals surface area contributed by atoms with Crippen LogP contribution in [0.5, 0.6) is 0 Å². The standard InChI is InChI=1S/C22H22F3N7O/c1-4-17(9-26)29-20(33)16-7-5-15(6-8-16)19-13(2)10-27-21(31-19)30-18-11-28-32(12-18)14(3)22(23,24)25/h5-8,10-12,14,17H,4H2,1-3H3,(H,29,33)(H,27,30,31)/t14-,17-/m0/s1. The van der Waals surface area contributed by atoms with Crippen LogP contribution in [-0.2, 0) is 0 Å². The summed E-state index contributed by atoms with van der Waals surface area (Å²) < 4.78 is 39.5. The molecule has 2 heterocycles. The molecule has 0 spiro atoms. The molecule has 2 N–H and O–H groups in total. The van der Waals surface area contributed by atoms with Crippen molar-refractivity contribution in [2.45, 2.75) is 45.5 Å². The van der Waals surface area contributed by atoms with Crippen molar-refractivity contribution in [2.24, 2.45) is 0 Å². The lowest BCUT2D eigenvalue weighted by Gasteiger charge is -2.15. The number of anilines is 2. The predicted molar refractivity (Wildman–Crippen MR) is 116 cm³/mol. The largest absolute Gasteiger partial charge is 0.410 e. The van der Waals surface area contributed by atoms with Crippen LogP contribution in [0.25, 0.3) is 11.3 Å². The van der Waals surface area contributed by atoms with Crippen LogP contribution in [0, 0.1) is 18.3 Å². The Morgan fingerprint density at radius 1 is 1.24 bits per heavy atom. The number of nitrogens with one attached hydrogen (secondary N) is 2.